The molecular weight excluding hydrogens is 218 g/mol. The summed E-state index contributed by atoms with van der Waals surface area (Å²) in [6.07, 6.45) is 0. The lowest BCUT2D eigenvalue weighted by atomic mass is 10.3. The van der Waals surface area contributed by atoms with E-state index in [2.05, 4.69) is 5.32 Å². The van der Waals surface area contributed by atoms with Gasteiger partial charge in [0.05, 0.1) is 12.8 Å². The lowest BCUT2D eigenvalue weighted by Crippen LogP contribution is -2.29. The molecule has 0 fully saturated rings. The molecule has 0 saturated heterocycles. The Balaban J connectivity index is 2.73. The van der Waals surface area contributed by atoms with Gasteiger partial charge in [-0.15, -0.1) is 0 Å². The van der Waals surface area contributed by atoms with Crippen LogP contribution in [0.1, 0.15) is 0 Å². The first-order chi connectivity index (χ1) is 7.04. The largest absolute Gasteiger partial charge is 0.495 e. The second-order valence-corrected chi connectivity index (χ2v) is 5.07. The molecule has 1 N–H and O–H groups in total. The fourth-order valence-corrected chi connectivity index (χ4v) is 3.00. The molecule has 0 spiro atoms. The number of hydrogen-bond donors (Lipinski definition) is 1. The minimum Gasteiger partial charge on any atom is -0.495 e. The lowest BCUT2D eigenvalue weighted by molar-refractivity contribution is -0.114. The SMILES string of the molecule is COc1cccc2c1S(=O)(=O)CC(=O)N2. The first kappa shape index (κ1) is 9.97. The molecular formula is C9H9NO4S. The third kappa shape index (κ3) is 1.56. The van der Waals surface area contributed by atoms with E-state index in [1.165, 1.54) is 13.2 Å². The van der Waals surface area contributed by atoms with E-state index >= 15 is 0 Å². The molecule has 0 aromatic heterocycles. The number of nitrogens with one attached hydrogen (secondary N) is 1. The van der Waals surface area contributed by atoms with Gasteiger partial charge < -0.3 is 10.1 Å². The first-order valence-corrected chi connectivity index (χ1v) is 5.89. The Hall–Kier alpha value is -1.56. The fourth-order valence-electron chi connectivity index (χ4n) is 1.53. The van der Waals surface area contributed by atoms with Crippen molar-refractivity contribution in [3.05, 3.63) is 18.2 Å². The number of amides is 1. The van der Waals surface area contributed by atoms with Crippen LogP contribution in [0, 0.1) is 0 Å². The zero-order valence-corrected chi connectivity index (χ0v) is 8.80. The molecule has 1 aromatic carbocycles. The van der Waals surface area contributed by atoms with E-state index < -0.39 is 21.5 Å². The van der Waals surface area contributed by atoms with Crippen molar-refractivity contribution in [3.63, 3.8) is 0 Å². The first-order valence-electron chi connectivity index (χ1n) is 4.24. The molecule has 0 saturated carbocycles. The lowest BCUT2D eigenvalue weighted by Gasteiger charge is -2.18. The van der Waals surface area contributed by atoms with Crippen LogP contribution in [0.15, 0.2) is 23.1 Å². The highest BCUT2D eigenvalue weighted by atomic mass is 32.2. The molecule has 15 heavy (non-hydrogen) atoms. The van der Waals surface area contributed by atoms with Crippen LogP contribution in [0.4, 0.5) is 5.69 Å². The molecule has 0 unspecified atom stereocenters. The second-order valence-electron chi connectivity index (χ2n) is 3.14. The summed E-state index contributed by atoms with van der Waals surface area (Å²) >= 11 is 0. The topological polar surface area (TPSA) is 72.5 Å². The third-order valence-electron chi connectivity index (χ3n) is 2.11. The van der Waals surface area contributed by atoms with Gasteiger partial charge in [0.1, 0.15) is 16.4 Å². The van der Waals surface area contributed by atoms with Crippen molar-refractivity contribution in [3.8, 4) is 5.75 Å². The van der Waals surface area contributed by atoms with Crippen LogP contribution in [0.2, 0.25) is 0 Å². The number of methoxy groups -OCH3 is 1. The molecule has 1 heterocycles. The summed E-state index contributed by atoms with van der Waals surface area (Å²) in [6.45, 7) is 0. The van der Waals surface area contributed by atoms with E-state index in [1.807, 2.05) is 0 Å². The Labute approximate surface area is 87.0 Å². The number of anilines is 1. The predicted molar refractivity (Wildman–Crippen MR) is 53.7 cm³/mol. The van der Waals surface area contributed by atoms with Crippen molar-refractivity contribution in [1.29, 1.82) is 0 Å². The number of ether oxygens (including phenoxy) is 1. The summed E-state index contributed by atoms with van der Waals surface area (Å²) in [5, 5.41) is 2.49. The molecule has 0 aliphatic carbocycles. The van der Waals surface area contributed by atoms with Crippen molar-refractivity contribution in [2.24, 2.45) is 0 Å². The van der Waals surface area contributed by atoms with Gasteiger partial charge >= 0.3 is 0 Å². The van der Waals surface area contributed by atoms with Gasteiger partial charge in [-0.3, -0.25) is 4.79 Å². The van der Waals surface area contributed by atoms with Gasteiger partial charge in [0.15, 0.2) is 9.84 Å². The van der Waals surface area contributed by atoms with Gasteiger partial charge in [0.25, 0.3) is 0 Å². The molecule has 0 radical (unpaired) electrons. The van der Waals surface area contributed by atoms with Gasteiger partial charge in [0, 0.05) is 0 Å². The average molecular weight is 227 g/mol. The van der Waals surface area contributed by atoms with Crippen LogP contribution in [0.25, 0.3) is 0 Å². The number of carbonyl (C=O) groups is 1. The van der Waals surface area contributed by atoms with Crippen LogP contribution in [0.3, 0.4) is 0 Å². The number of fused-ring (bicyclic) bond motifs is 1. The summed E-state index contributed by atoms with van der Waals surface area (Å²) in [7, 11) is -2.18. The number of benzene rings is 1. The molecule has 5 nitrogen and oxygen atoms in total. The standard InChI is InChI=1S/C9H9NO4S/c1-14-7-4-2-3-6-9(7)15(12,13)5-8(11)10-6/h2-4H,5H2,1H3,(H,10,11). The van der Waals surface area contributed by atoms with E-state index in [-0.39, 0.29) is 16.3 Å². The molecule has 0 bridgehead atoms. The average Bonchev–Trinajstić information content (AvgIpc) is 2.14. The van der Waals surface area contributed by atoms with E-state index in [1.54, 1.807) is 12.1 Å². The highest BCUT2D eigenvalue weighted by molar-refractivity contribution is 7.92. The van der Waals surface area contributed by atoms with E-state index in [9.17, 15) is 13.2 Å². The molecule has 1 aliphatic rings. The molecule has 1 amide bonds. The van der Waals surface area contributed by atoms with Crippen molar-refractivity contribution >= 4 is 21.4 Å². The normalized spacial score (nSPS) is 17.8. The van der Waals surface area contributed by atoms with Crippen molar-refractivity contribution in [1.82, 2.24) is 0 Å². The van der Waals surface area contributed by atoms with Gasteiger partial charge in [-0.1, -0.05) is 6.07 Å². The Morgan fingerprint density at radius 2 is 2.13 bits per heavy atom. The Morgan fingerprint density at radius 1 is 1.40 bits per heavy atom. The highest BCUT2D eigenvalue weighted by Crippen LogP contribution is 2.34. The van der Waals surface area contributed by atoms with E-state index in [4.69, 9.17) is 4.74 Å². The fraction of sp³-hybridized carbons (Fsp3) is 0.222. The maximum atomic E-state index is 11.7. The van der Waals surface area contributed by atoms with Crippen LogP contribution in [-0.4, -0.2) is 27.2 Å². The minimum atomic E-state index is -3.57. The molecule has 1 aliphatic heterocycles. The monoisotopic (exact) mass is 227 g/mol. The van der Waals surface area contributed by atoms with Gasteiger partial charge in [-0.05, 0) is 12.1 Å². The molecule has 2 rings (SSSR count). The van der Waals surface area contributed by atoms with Gasteiger partial charge in [0.2, 0.25) is 5.91 Å². The summed E-state index contributed by atoms with van der Waals surface area (Å²) in [6, 6.07) is 4.71. The van der Waals surface area contributed by atoms with Crippen LogP contribution in [-0.2, 0) is 14.6 Å². The zero-order valence-electron chi connectivity index (χ0n) is 7.98. The van der Waals surface area contributed by atoms with Crippen molar-refractivity contribution in [2.75, 3.05) is 18.2 Å². The van der Waals surface area contributed by atoms with Crippen LogP contribution < -0.4 is 10.1 Å². The number of carbonyl (C=O) groups excluding carboxylic acids is 1. The third-order valence-corrected chi connectivity index (χ3v) is 3.79. The summed E-state index contributed by atoms with van der Waals surface area (Å²) in [4.78, 5) is 11.2. The maximum absolute atomic E-state index is 11.7. The van der Waals surface area contributed by atoms with Crippen LogP contribution in [0.5, 0.6) is 5.75 Å². The van der Waals surface area contributed by atoms with E-state index in [0.29, 0.717) is 0 Å². The minimum absolute atomic E-state index is 0.0621. The quantitative estimate of drug-likeness (QED) is 0.754. The summed E-state index contributed by atoms with van der Waals surface area (Å²) in [5.41, 5.74) is 0.283. The smallest absolute Gasteiger partial charge is 0.240 e. The number of rotatable bonds is 1. The summed E-state index contributed by atoms with van der Waals surface area (Å²) in [5.74, 6) is -0.788. The summed E-state index contributed by atoms with van der Waals surface area (Å²) < 4.78 is 28.4. The highest BCUT2D eigenvalue weighted by Gasteiger charge is 2.31. The van der Waals surface area contributed by atoms with Crippen molar-refractivity contribution in [2.45, 2.75) is 4.90 Å². The van der Waals surface area contributed by atoms with Crippen molar-refractivity contribution < 1.29 is 17.9 Å². The second kappa shape index (κ2) is 3.23. The van der Waals surface area contributed by atoms with Gasteiger partial charge in [-0.2, -0.15) is 0 Å². The van der Waals surface area contributed by atoms with Gasteiger partial charge in [-0.25, -0.2) is 8.42 Å². The Morgan fingerprint density at radius 3 is 2.80 bits per heavy atom. The Bertz CT molecular complexity index is 521. The van der Waals surface area contributed by atoms with E-state index in [0.717, 1.165) is 0 Å². The zero-order chi connectivity index (χ0) is 11.1. The number of sulfone groups is 1. The molecule has 80 valence electrons. The molecule has 6 heteroatoms. The molecule has 0 atom stereocenters. The predicted octanol–water partition coefficient (Wildman–Crippen LogP) is 0.421. The van der Waals surface area contributed by atoms with Crippen LogP contribution >= 0.6 is 0 Å². The number of hydrogen-bond acceptors (Lipinski definition) is 4. The molecule has 1 aromatic rings. The Kier molecular flexibility index (Phi) is 2.15. The maximum Gasteiger partial charge on any atom is 0.240 e.